The third-order valence-electron chi connectivity index (χ3n) is 4.41. The van der Waals surface area contributed by atoms with Crippen molar-refractivity contribution in [2.24, 2.45) is 0 Å². The van der Waals surface area contributed by atoms with Gasteiger partial charge in [-0.3, -0.25) is 4.79 Å². The summed E-state index contributed by atoms with van der Waals surface area (Å²) in [5.41, 5.74) is 2.16. The number of nitrogens with one attached hydrogen (secondary N) is 1. The summed E-state index contributed by atoms with van der Waals surface area (Å²) in [4.78, 5) is 11.7. The number of likely N-dealkylation sites (N-methyl/N-ethyl adjacent to an activating group) is 1. The highest BCUT2D eigenvalue weighted by atomic mass is 16.5. The summed E-state index contributed by atoms with van der Waals surface area (Å²) in [6.45, 7) is 2.18. The molecule has 2 atom stereocenters. The maximum Gasteiger partial charge on any atom is 0.303 e. The van der Waals surface area contributed by atoms with Crippen LogP contribution in [0.4, 0.5) is 0 Å². The molecule has 0 spiro atoms. The fourth-order valence-electron chi connectivity index (χ4n) is 3.26. The summed E-state index contributed by atoms with van der Waals surface area (Å²) in [7, 11) is 1.92. The average Bonchev–Trinajstić information content (AvgIpc) is 2.64. The maximum atomic E-state index is 11.7. The van der Waals surface area contributed by atoms with E-state index in [9.17, 15) is 4.79 Å². The monoisotopic (exact) mass is 333 g/mol. The van der Waals surface area contributed by atoms with Crippen molar-refractivity contribution >= 4 is 16.7 Å². The van der Waals surface area contributed by atoms with Crippen LogP contribution in [0.2, 0.25) is 0 Å². The van der Waals surface area contributed by atoms with E-state index in [-0.39, 0.29) is 18.0 Å². The van der Waals surface area contributed by atoms with Crippen LogP contribution in [0.25, 0.3) is 10.8 Å². The Bertz CT molecular complexity index is 845. The SMILES string of the molecule is CNC[C@H](c1ccc2ccccc2c1)[C@H](OC(C)=O)c1ccccc1. The number of rotatable bonds is 6. The molecular weight excluding hydrogens is 310 g/mol. The summed E-state index contributed by atoms with van der Waals surface area (Å²) in [5, 5.41) is 5.64. The molecular formula is C22H23NO2. The van der Waals surface area contributed by atoms with Crippen LogP contribution in [0.3, 0.4) is 0 Å². The standard InChI is InChI=1S/C22H23NO2/c1-16(24)25-22(18-9-4-3-5-10-18)21(15-23-2)20-13-12-17-8-6-7-11-19(17)14-20/h3-14,21-23H,15H2,1-2H3/t21-,22-/m1/s1. The molecule has 0 amide bonds. The molecule has 0 aliphatic heterocycles. The van der Waals surface area contributed by atoms with E-state index in [0.717, 1.165) is 11.1 Å². The van der Waals surface area contributed by atoms with Crippen molar-refractivity contribution in [2.45, 2.75) is 18.9 Å². The van der Waals surface area contributed by atoms with Crippen LogP contribution in [0, 0.1) is 0 Å². The largest absolute Gasteiger partial charge is 0.457 e. The minimum atomic E-state index is -0.327. The Kier molecular flexibility index (Phi) is 5.46. The van der Waals surface area contributed by atoms with Gasteiger partial charge in [0.05, 0.1) is 0 Å². The summed E-state index contributed by atoms with van der Waals surface area (Å²) in [5.74, 6) is -0.239. The predicted molar refractivity (Wildman–Crippen MR) is 102 cm³/mol. The third-order valence-corrected chi connectivity index (χ3v) is 4.41. The second-order valence-corrected chi connectivity index (χ2v) is 6.21. The van der Waals surface area contributed by atoms with Crippen molar-refractivity contribution in [3.8, 4) is 0 Å². The number of hydrogen-bond acceptors (Lipinski definition) is 3. The molecule has 0 saturated carbocycles. The fourth-order valence-corrected chi connectivity index (χ4v) is 3.26. The first-order valence-corrected chi connectivity index (χ1v) is 8.54. The van der Waals surface area contributed by atoms with E-state index in [4.69, 9.17) is 4.74 Å². The number of ether oxygens (including phenoxy) is 1. The van der Waals surface area contributed by atoms with Gasteiger partial charge in [-0.2, -0.15) is 0 Å². The summed E-state index contributed by atoms with van der Waals surface area (Å²) < 4.78 is 5.74. The molecule has 0 aliphatic carbocycles. The van der Waals surface area contributed by atoms with Gasteiger partial charge in [0, 0.05) is 19.4 Å². The van der Waals surface area contributed by atoms with Crippen LogP contribution >= 0.6 is 0 Å². The van der Waals surface area contributed by atoms with Crippen molar-refractivity contribution in [1.29, 1.82) is 0 Å². The molecule has 0 heterocycles. The van der Waals surface area contributed by atoms with Gasteiger partial charge in [0.15, 0.2) is 0 Å². The van der Waals surface area contributed by atoms with E-state index in [1.165, 1.54) is 17.7 Å². The van der Waals surface area contributed by atoms with Crippen LogP contribution in [0.1, 0.15) is 30.1 Å². The lowest BCUT2D eigenvalue weighted by molar-refractivity contribution is -0.148. The first kappa shape index (κ1) is 17.2. The Labute approximate surface area is 148 Å². The van der Waals surface area contributed by atoms with Crippen molar-refractivity contribution in [1.82, 2.24) is 5.32 Å². The molecule has 3 rings (SSSR count). The van der Waals surface area contributed by atoms with E-state index < -0.39 is 0 Å². The van der Waals surface area contributed by atoms with E-state index >= 15 is 0 Å². The Morgan fingerprint density at radius 1 is 0.920 bits per heavy atom. The van der Waals surface area contributed by atoms with Gasteiger partial charge in [-0.05, 0) is 28.9 Å². The van der Waals surface area contributed by atoms with Gasteiger partial charge in [0.1, 0.15) is 6.10 Å². The van der Waals surface area contributed by atoms with Crippen LogP contribution in [-0.2, 0) is 9.53 Å². The normalized spacial score (nSPS) is 13.4. The van der Waals surface area contributed by atoms with Crippen molar-refractivity contribution < 1.29 is 9.53 Å². The fraction of sp³-hybridized carbons (Fsp3) is 0.227. The lowest BCUT2D eigenvalue weighted by atomic mass is 9.87. The van der Waals surface area contributed by atoms with Crippen LogP contribution < -0.4 is 5.32 Å². The molecule has 0 aromatic heterocycles. The highest BCUT2D eigenvalue weighted by Gasteiger charge is 2.27. The van der Waals surface area contributed by atoms with E-state index in [0.29, 0.717) is 6.54 Å². The number of benzene rings is 3. The highest BCUT2D eigenvalue weighted by molar-refractivity contribution is 5.83. The first-order valence-electron chi connectivity index (χ1n) is 8.54. The Morgan fingerprint density at radius 2 is 1.60 bits per heavy atom. The average molecular weight is 333 g/mol. The van der Waals surface area contributed by atoms with Gasteiger partial charge in [0.2, 0.25) is 0 Å². The summed E-state index contributed by atoms with van der Waals surface area (Å²) in [6.07, 6.45) is -0.327. The molecule has 0 bridgehead atoms. The lowest BCUT2D eigenvalue weighted by Crippen LogP contribution is -2.26. The zero-order chi connectivity index (χ0) is 17.6. The van der Waals surface area contributed by atoms with E-state index in [1.807, 2.05) is 49.5 Å². The first-order chi connectivity index (χ1) is 12.2. The highest BCUT2D eigenvalue weighted by Crippen LogP contribution is 2.35. The Morgan fingerprint density at radius 3 is 2.28 bits per heavy atom. The van der Waals surface area contributed by atoms with Gasteiger partial charge in [-0.25, -0.2) is 0 Å². The quantitative estimate of drug-likeness (QED) is 0.677. The Hall–Kier alpha value is -2.65. The molecule has 3 aromatic carbocycles. The molecule has 128 valence electrons. The zero-order valence-electron chi connectivity index (χ0n) is 14.6. The third kappa shape index (κ3) is 4.06. The maximum absolute atomic E-state index is 11.7. The van der Waals surface area contributed by atoms with Gasteiger partial charge in [0.25, 0.3) is 0 Å². The lowest BCUT2D eigenvalue weighted by Gasteiger charge is -2.28. The Balaban J connectivity index is 2.05. The molecule has 25 heavy (non-hydrogen) atoms. The van der Waals surface area contributed by atoms with Crippen LogP contribution in [0.5, 0.6) is 0 Å². The smallest absolute Gasteiger partial charge is 0.303 e. The van der Waals surface area contributed by atoms with E-state index in [2.05, 4.69) is 35.6 Å². The molecule has 3 aromatic rings. The number of fused-ring (bicyclic) bond motifs is 1. The van der Waals surface area contributed by atoms with Crippen LogP contribution in [0.15, 0.2) is 72.8 Å². The van der Waals surface area contributed by atoms with Gasteiger partial charge < -0.3 is 10.1 Å². The minimum Gasteiger partial charge on any atom is -0.457 e. The molecule has 0 radical (unpaired) electrons. The second kappa shape index (κ2) is 7.95. The number of esters is 1. The molecule has 1 N–H and O–H groups in total. The van der Waals surface area contributed by atoms with Gasteiger partial charge in [-0.1, -0.05) is 72.8 Å². The van der Waals surface area contributed by atoms with Gasteiger partial charge >= 0.3 is 5.97 Å². The summed E-state index contributed by atoms with van der Waals surface area (Å²) >= 11 is 0. The minimum absolute atomic E-state index is 0.0286. The van der Waals surface area contributed by atoms with Crippen LogP contribution in [-0.4, -0.2) is 19.6 Å². The predicted octanol–water partition coefficient (Wildman–Crippen LogP) is 4.45. The van der Waals surface area contributed by atoms with Crippen molar-refractivity contribution in [3.05, 3.63) is 83.9 Å². The molecule has 0 aliphatic rings. The zero-order valence-corrected chi connectivity index (χ0v) is 14.6. The van der Waals surface area contributed by atoms with Crippen molar-refractivity contribution in [3.63, 3.8) is 0 Å². The molecule has 3 heteroatoms. The van der Waals surface area contributed by atoms with Crippen molar-refractivity contribution in [2.75, 3.05) is 13.6 Å². The topological polar surface area (TPSA) is 38.3 Å². The molecule has 3 nitrogen and oxygen atoms in total. The molecule has 0 unspecified atom stereocenters. The number of hydrogen-bond donors (Lipinski definition) is 1. The summed E-state index contributed by atoms with van der Waals surface area (Å²) in [6, 6.07) is 24.7. The second-order valence-electron chi connectivity index (χ2n) is 6.21. The molecule has 0 saturated heterocycles. The van der Waals surface area contributed by atoms with E-state index in [1.54, 1.807) is 0 Å². The number of carbonyl (C=O) groups is 1. The van der Waals surface area contributed by atoms with Gasteiger partial charge in [-0.15, -0.1) is 0 Å². The molecule has 0 fully saturated rings. The number of carbonyl (C=O) groups excluding carboxylic acids is 1.